The minimum absolute atomic E-state index is 0.171. The molecular formula is C26H22N8O2. The van der Waals surface area contributed by atoms with Gasteiger partial charge in [-0.25, -0.2) is 9.36 Å². The maximum Gasteiger partial charge on any atom is 0.164 e. The average molecular weight is 479 g/mol. The molecule has 0 amide bonds. The Kier molecular flexibility index (Phi) is 5.30. The molecule has 0 unspecified atom stereocenters. The van der Waals surface area contributed by atoms with Crippen LogP contribution in [0.2, 0.25) is 0 Å². The third-order valence-corrected chi connectivity index (χ3v) is 5.94. The number of anilines is 2. The minimum atomic E-state index is -0.541. The molecule has 0 aliphatic carbocycles. The molecule has 0 saturated carbocycles. The molecule has 6 rings (SSSR count). The van der Waals surface area contributed by atoms with Gasteiger partial charge in [-0.1, -0.05) is 34.7 Å². The first kappa shape index (κ1) is 21.4. The van der Waals surface area contributed by atoms with Crippen LogP contribution in [0.1, 0.15) is 12.3 Å². The molecule has 0 radical (unpaired) electrons. The van der Waals surface area contributed by atoms with Crippen molar-refractivity contribution in [3.63, 3.8) is 0 Å². The molecular weight excluding hydrogens is 456 g/mol. The van der Waals surface area contributed by atoms with E-state index in [9.17, 15) is 10.2 Å². The molecule has 2 heterocycles. The lowest BCUT2D eigenvalue weighted by atomic mass is 10.2. The number of aromatic hydroxyl groups is 2. The third kappa shape index (κ3) is 4.00. The summed E-state index contributed by atoms with van der Waals surface area (Å²) in [4.78, 5) is 0. The van der Waals surface area contributed by atoms with Gasteiger partial charge in [-0.3, -0.25) is 0 Å². The fourth-order valence-electron chi connectivity index (χ4n) is 4.19. The van der Waals surface area contributed by atoms with Crippen LogP contribution in [0.5, 0.6) is 11.5 Å². The highest BCUT2D eigenvalue weighted by Crippen LogP contribution is 2.32. The molecule has 36 heavy (non-hydrogen) atoms. The van der Waals surface area contributed by atoms with Gasteiger partial charge in [-0.05, 0) is 72.8 Å². The number of phenolic OH excluding ortho intramolecular Hbond substituents is 2. The first-order chi connectivity index (χ1) is 17.7. The molecule has 0 saturated heterocycles. The predicted molar refractivity (Wildman–Crippen MR) is 137 cm³/mol. The van der Waals surface area contributed by atoms with E-state index in [-0.39, 0.29) is 11.5 Å². The van der Waals surface area contributed by atoms with Crippen LogP contribution in [-0.2, 0) is 0 Å². The standard InChI is InChI=1S/C26H22N8O2/c35-19-13-9-17(10-14-19)27-25(33-23-7-3-1-5-21(23)29-31-33)26(28-18-11-15-20(36)16-12-18)34-24-8-4-2-6-22(24)30-32-34/h1-16,25-28,35-36H/t25-,26+. The minimum Gasteiger partial charge on any atom is -0.508 e. The molecule has 10 nitrogen and oxygen atoms in total. The van der Waals surface area contributed by atoms with Crippen LogP contribution in [-0.4, -0.2) is 40.2 Å². The van der Waals surface area contributed by atoms with Crippen molar-refractivity contribution in [1.29, 1.82) is 0 Å². The molecule has 4 aromatic carbocycles. The summed E-state index contributed by atoms with van der Waals surface area (Å²) in [6, 6.07) is 29.1. The zero-order valence-electron chi connectivity index (χ0n) is 19.0. The number of para-hydroxylation sites is 2. The van der Waals surface area contributed by atoms with Gasteiger partial charge >= 0.3 is 0 Å². The average Bonchev–Trinajstić information content (AvgIpc) is 3.53. The van der Waals surface area contributed by atoms with Crippen LogP contribution < -0.4 is 10.6 Å². The molecule has 10 heteroatoms. The first-order valence-corrected chi connectivity index (χ1v) is 11.4. The van der Waals surface area contributed by atoms with Crippen molar-refractivity contribution < 1.29 is 10.2 Å². The van der Waals surface area contributed by atoms with E-state index in [1.807, 2.05) is 48.5 Å². The van der Waals surface area contributed by atoms with Crippen molar-refractivity contribution in [2.75, 3.05) is 10.6 Å². The molecule has 2 atom stereocenters. The lowest BCUT2D eigenvalue weighted by Gasteiger charge is -2.31. The van der Waals surface area contributed by atoms with Crippen molar-refractivity contribution in [3.05, 3.63) is 97.1 Å². The lowest BCUT2D eigenvalue weighted by Crippen LogP contribution is -2.35. The molecule has 0 fully saturated rings. The topological polar surface area (TPSA) is 126 Å². The summed E-state index contributed by atoms with van der Waals surface area (Å²) in [6.45, 7) is 0. The number of rotatable bonds is 7. The largest absolute Gasteiger partial charge is 0.508 e. The van der Waals surface area contributed by atoms with Crippen molar-refractivity contribution in [1.82, 2.24) is 30.0 Å². The van der Waals surface area contributed by atoms with Crippen LogP contribution in [0.25, 0.3) is 22.1 Å². The Morgan fingerprint density at radius 1 is 0.528 bits per heavy atom. The first-order valence-electron chi connectivity index (χ1n) is 11.4. The Balaban J connectivity index is 1.53. The summed E-state index contributed by atoms with van der Waals surface area (Å²) >= 11 is 0. The smallest absolute Gasteiger partial charge is 0.164 e. The number of hydrogen-bond acceptors (Lipinski definition) is 8. The summed E-state index contributed by atoms with van der Waals surface area (Å²) < 4.78 is 3.60. The van der Waals surface area contributed by atoms with Gasteiger partial charge in [0.1, 0.15) is 22.5 Å². The Labute approximate surface area is 205 Å². The monoisotopic (exact) mass is 478 g/mol. The number of nitrogens with zero attached hydrogens (tertiary/aromatic N) is 6. The van der Waals surface area contributed by atoms with Crippen LogP contribution in [0.15, 0.2) is 97.1 Å². The quantitative estimate of drug-likeness (QED) is 0.247. The highest BCUT2D eigenvalue weighted by atomic mass is 16.3. The molecule has 0 bridgehead atoms. The zero-order valence-corrected chi connectivity index (χ0v) is 19.0. The third-order valence-electron chi connectivity index (χ3n) is 5.94. The number of fused-ring (bicyclic) bond motifs is 2. The van der Waals surface area contributed by atoms with E-state index in [0.717, 1.165) is 33.4 Å². The van der Waals surface area contributed by atoms with Gasteiger partial charge in [0.2, 0.25) is 0 Å². The van der Waals surface area contributed by atoms with E-state index >= 15 is 0 Å². The Morgan fingerprint density at radius 3 is 1.33 bits per heavy atom. The molecule has 178 valence electrons. The molecule has 0 spiro atoms. The fourth-order valence-corrected chi connectivity index (χ4v) is 4.19. The second-order valence-corrected chi connectivity index (χ2v) is 8.32. The number of hydrogen-bond donors (Lipinski definition) is 4. The van der Waals surface area contributed by atoms with Crippen molar-refractivity contribution in [2.24, 2.45) is 0 Å². The van der Waals surface area contributed by atoms with Crippen LogP contribution in [0, 0.1) is 0 Å². The Hall–Kier alpha value is -5.12. The van der Waals surface area contributed by atoms with Gasteiger partial charge < -0.3 is 20.8 Å². The zero-order chi connectivity index (χ0) is 24.5. The Bertz CT molecular complexity index is 1500. The fraction of sp³-hybridized carbons (Fsp3) is 0.0769. The van der Waals surface area contributed by atoms with Gasteiger partial charge in [0.15, 0.2) is 12.3 Å². The van der Waals surface area contributed by atoms with E-state index in [0.29, 0.717) is 0 Å². The normalized spacial score (nSPS) is 13.0. The summed E-state index contributed by atoms with van der Waals surface area (Å²) in [5, 5.41) is 44.4. The van der Waals surface area contributed by atoms with Gasteiger partial charge in [-0.15, -0.1) is 10.2 Å². The Morgan fingerprint density at radius 2 is 0.917 bits per heavy atom. The van der Waals surface area contributed by atoms with E-state index in [1.165, 1.54) is 0 Å². The SMILES string of the molecule is Oc1ccc(N[C@H]([C@H](Nc2ccc(O)cc2)n2nnc3ccccc32)n2nnc3ccccc32)cc1. The van der Waals surface area contributed by atoms with Gasteiger partial charge in [0.25, 0.3) is 0 Å². The number of aromatic nitrogens is 6. The summed E-state index contributed by atoms with van der Waals surface area (Å²) in [5.41, 5.74) is 4.69. The molecule has 6 aromatic rings. The van der Waals surface area contributed by atoms with Crippen molar-refractivity contribution >= 4 is 33.4 Å². The number of benzene rings is 4. The predicted octanol–water partition coefficient (Wildman–Crippen LogP) is 4.51. The van der Waals surface area contributed by atoms with Crippen LogP contribution in [0.4, 0.5) is 11.4 Å². The summed E-state index contributed by atoms with van der Waals surface area (Å²) in [5.74, 6) is 0.341. The second-order valence-electron chi connectivity index (χ2n) is 8.32. The maximum atomic E-state index is 9.80. The van der Waals surface area contributed by atoms with E-state index < -0.39 is 12.3 Å². The van der Waals surface area contributed by atoms with Crippen molar-refractivity contribution in [3.8, 4) is 11.5 Å². The molecule has 0 aliphatic heterocycles. The maximum absolute atomic E-state index is 9.80. The highest BCUT2D eigenvalue weighted by molar-refractivity contribution is 5.75. The van der Waals surface area contributed by atoms with Gasteiger partial charge in [0, 0.05) is 11.4 Å². The second kappa shape index (κ2) is 8.91. The number of nitrogens with one attached hydrogen (secondary N) is 2. The molecule has 0 aliphatic rings. The van der Waals surface area contributed by atoms with Gasteiger partial charge in [-0.2, -0.15) is 0 Å². The van der Waals surface area contributed by atoms with E-state index in [1.54, 1.807) is 57.9 Å². The lowest BCUT2D eigenvalue weighted by molar-refractivity contribution is 0.347. The molecule has 4 N–H and O–H groups in total. The molecule has 2 aromatic heterocycles. The van der Waals surface area contributed by atoms with E-state index in [2.05, 4.69) is 31.3 Å². The summed E-state index contributed by atoms with van der Waals surface area (Å²) in [7, 11) is 0. The highest BCUT2D eigenvalue weighted by Gasteiger charge is 2.30. The number of phenols is 2. The van der Waals surface area contributed by atoms with Crippen LogP contribution in [0.3, 0.4) is 0 Å². The van der Waals surface area contributed by atoms with E-state index in [4.69, 9.17) is 0 Å². The van der Waals surface area contributed by atoms with Crippen molar-refractivity contribution in [2.45, 2.75) is 12.3 Å². The summed E-state index contributed by atoms with van der Waals surface area (Å²) in [6.07, 6.45) is -1.08. The van der Waals surface area contributed by atoms with Crippen LogP contribution >= 0.6 is 0 Å². The van der Waals surface area contributed by atoms with Gasteiger partial charge in [0.05, 0.1) is 11.0 Å².